The Kier molecular flexibility index (Phi) is 4.39. The lowest BCUT2D eigenvalue weighted by atomic mass is 10.1. The molecule has 5 heteroatoms. The SMILES string of the molecule is CN(CCC(N)C(=O)O)Cc1ccc2c(c1)CCO2. The number of nitrogens with zero attached hydrogens (tertiary/aromatic N) is 1. The van der Waals surface area contributed by atoms with E-state index in [0.717, 1.165) is 25.3 Å². The highest BCUT2D eigenvalue weighted by atomic mass is 16.5. The first kappa shape index (κ1) is 13.8. The second-order valence-electron chi connectivity index (χ2n) is 5.01. The molecule has 5 nitrogen and oxygen atoms in total. The van der Waals surface area contributed by atoms with Crippen molar-refractivity contribution in [3.8, 4) is 5.75 Å². The zero-order valence-corrected chi connectivity index (χ0v) is 11.1. The third kappa shape index (κ3) is 3.68. The summed E-state index contributed by atoms with van der Waals surface area (Å²) in [6.45, 7) is 2.22. The van der Waals surface area contributed by atoms with Gasteiger partial charge in [0.2, 0.25) is 0 Å². The molecule has 3 N–H and O–H groups in total. The van der Waals surface area contributed by atoms with E-state index in [0.29, 0.717) is 13.0 Å². The Morgan fingerprint density at radius 1 is 1.58 bits per heavy atom. The topological polar surface area (TPSA) is 75.8 Å². The van der Waals surface area contributed by atoms with Crippen LogP contribution in [0, 0.1) is 0 Å². The number of hydrogen-bond donors (Lipinski definition) is 2. The van der Waals surface area contributed by atoms with E-state index in [1.807, 2.05) is 13.1 Å². The molecule has 1 heterocycles. The van der Waals surface area contributed by atoms with Crippen LogP contribution in [0.1, 0.15) is 17.5 Å². The third-order valence-corrected chi connectivity index (χ3v) is 3.35. The molecule has 0 fully saturated rings. The number of rotatable bonds is 6. The first-order valence-electron chi connectivity index (χ1n) is 6.48. The predicted molar refractivity (Wildman–Crippen MR) is 72.2 cm³/mol. The molecule has 1 aliphatic rings. The lowest BCUT2D eigenvalue weighted by Crippen LogP contribution is -2.34. The lowest BCUT2D eigenvalue weighted by Gasteiger charge is -2.18. The van der Waals surface area contributed by atoms with Crippen molar-refractivity contribution in [3.05, 3.63) is 29.3 Å². The van der Waals surface area contributed by atoms with E-state index < -0.39 is 12.0 Å². The second kappa shape index (κ2) is 6.04. The van der Waals surface area contributed by atoms with Crippen LogP contribution in [0.4, 0.5) is 0 Å². The van der Waals surface area contributed by atoms with Gasteiger partial charge >= 0.3 is 5.97 Å². The lowest BCUT2D eigenvalue weighted by molar-refractivity contribution is -0.138. The van der Waals surface area contributed by atoms with Gasteiger partial charge in [-0.05, 0) is 30.7 Å². The summed E-state index contributed by atoms with van der Waals surface area (Å²) in [5.74, 6) is 0.0439. The van der Waals surface area contributed by atoms with E-state index >= 15 is 0 Å². The van der Waals surface area contributed by atoms with E-state index in [4.69, 9.17) is 15.6 Å². The Morgan fingerprint density at radius 3 is 3.11 bits per heavy atom. The normalized spacial score (nSPS) is 15.1. The minimum absolute atomic E-state index is 0.458. The maximum atomic E-state index is 10.6. The predicted octanol–water partition coefficient (Wildman–Crippen LogP) is 0.855. The van der Waals surface area contributed by atoms with Crippen molar-refractivity contribution in [1.82, 2.24) is 4.90 Å². The maximum absolute atomic E-state index is 10.6. The molecule has 2 rings (SSSR count). The minimum atomic E-state index is -0.942. The number of carboxylic acid groups (broad SMARTS) is 1. The third-order valence-electron chi connectivity index (χ3n) is 3.35. The van der Waals surface area contributed by atoms with Crippen LogP contribution in [-0.4, -0.2) is 42.2 Å². The van der Waals surface area contributed by atoms with Gasteiger partial charge in [-0.2, -0.15) is 0 Å². The maximum Gasteiger partial charge on any atom is 0.320 e. The van der Waals surface area contributed by atoms with E-state index in [9.17, 15) is 4.79 Å². The highest BCUT2D eigenvalue weighted by Crippen LogP contribution is 2.26. The zero-order valence-electron chi connectivity index (χ0n) is 11.1. The summed E-state index contributed by atoms with van der Waals surface area (Å²) in [5, 5.41) is 8.73. The second-order valence-corrected chi connectivity index (χ2v) is 5.01. The highest BCUT2D eigenvalue weighted by Gasteiger charge is 2.14. The molecular formula is C14H20N2O3. The van der Waals surface area contributed by atoms with Gasteiger partial charge < -0.3 is 20.5 Å². The molecule has 104 valence electrons. The van der Waals surface area contributed by atoms with E-state index in [2.05, 4.69) is 17.0 Å². The van der Waals surface area contributed by atoms with Crippen LogP contribution in [0.5, 0.6) is 5.75 Å². The average Bonchev–Trinajstić information content (AvgIpc) is 2.83. The molecule has 1 aromatic carbocycles. The van der Waals surface area contributed by atoms with Crippen LogP contribution >= 0.6 is 0 Å². The highest BCUT2D eigenvalue weighted by molar-refractivity contribution is 5.72. The first-order valence-corrected chi connectivity index (χ1v) is 6.48. The number of aliphatic carboxylic acids is 1. The van der Waals surface area contributed by atoms with Gasteiger partial charge in [0, 0.05) is 19.5 Å². The van der Waals surface area contributed by atoms with Crippen LogP contribution in [0.25, 0.3) is 0 Å². The number of carboxylic acids is 1. The van der Waals surface area contributed by atoms with Crippen molar-refractivity contribution >= 4 is 5.97 Å². The van der Waals surface area contributed by atoms with Gasteiger partial charge in [0.15, 0.2) is 0 Å². The molecule has 0 saturated carbocycles. The van der Waals surface area contributed by atoms with Gasteiger partial charge in [0.25, 0.3) is 0 Å². The minimum Gasteiger partial charge on any atom is -0.493 e. The quantitative estimate of drug-likeness (QED) is 0.797. The molecule has 0 saturated heterocycles. The van der Waals surface area contributed by atoms with Crippen LogP contribution in [0.15, 0.2) is 18.2 Å². The Morgan fingerprint density at radius 2 is 2.37 bits per heavy atom. The van der Waals surface area contributed by atoms with Crippen molar-refractivity contribution in [2.24, 2.45) is 5.73 Å². The number of benzene rings is 1. The fraction of sp³-hybridized carbons (Fsp3) is 0.500. The van der Waals surface area contributed by atoms with Crippen molar-refractivity contribution in [2.75, 3.05) is 20.2 Å². The van der Waals surface area contributed by atoms with Gasteiger partial charge in [-0.3, -0.25) is 4.79 Å². The standard InChI is InChI=1S/C14H20N2O3/c1-16(6-4-12(15)14(17)18)9-10-2-3-13-11(8-10)5-7-19-13/h2-3,8,12H,4-7,9,15H2,1H3,(H,17,18). The zero-order chi connectivity index (χ0) is 13.8. The van der Waals surface area contributed by atoms with Gasteiger partial charge in [0.05, 0.1) is 6.61 Å². The molecule has 0 aromatic heterocycles. The van der Waals surface area contributed by atoms with E-state index in [1.54, 1.807) is 0 Å². The van der Waals surface area contributed by atoms with Gasteiger partial charge in [-0.1, -0.05) is 12.1 Å². The summed E-state index contributed by atoms with van der Waals surface area (Å²) in [7, 11) is 1.97. The number of ether oxygens (including phenoxy) is 1. The van der Waals surface area contributed by atoms with Crippen LogP contribution in [0.2, 0.25) is 0 Å². The fourth-order valence-electron chi connectivity index (χ4n) is 2.21. The fourth-order valence-corrected chi connectivity index (χ4v) is 2.21. The molecule has 0 radical (unpaired) electrons. The monoisotopic (exact) mass is 264 g/mol. The summed E-state index contributed by atoms with van der Waals surface area (Å²) in [6.07, 6.45) is 1.43. The van der Waals surface area contributed by atoms with Crippen LogP contribution in [0.3, 0.4) is 0 Å². The molecule has 0 spiro atoms. The molecule has 1 unspecified atom stereocenters. The summed E-state index contributed by atoms with van der Waals surface area (Å²) >= 11 is 0. The van der Waals surface area contributed by atoms with Crippen molar-refractivity contribution < 1.29 is 14.6 Å². The van der Waals surface area contributed by atoms with E-state index in [1.165, 1.54) is 11.1 Å². The number of nitrogens with two attached hydrogens (primary N) is 1. The van der Waals surface area contributed by atoms with Crippen molar-refractivity contribution in [1.29, 1.82) is 0 Å². The summed E-state index contributed by atoms with van der Waals surface area (Å²) < 4.78 is 5.47. The summed E-state index contributed by atoms with van der Waals surface area (Å²) in [6, 6.07) is 5.44. The first-order chi connectivity index (χ1) is 9.06. The molecule has 1 aromatic rings. The van der Waals surface area contributed by atoms with Gasteiger partial charge in [0.1, 0.15) is 11.8 Å². The van der Waals surface area contributed by atoms with Crippen molar-refractivity contribution in [2.45, 2.75) is 25.4 Å². The summed E-state index contributed by atoms with van der Waals surface area (Å²) in [5.41, 5.74) is 7.96. The Hall–Kier alpha value is -1.59. The van der Waals surface area contributed by atoms with Crippen molar-refractivity contribution in [3.63, 3.8) is 0 Å². The number of hydrogen-bond acceptors (Lipinski definition) is 4. The van der Waals surface area contributed by atoms with E-state index in [-0.39, 0.29) is 0 Å². The number of fused-ring (bicyclic) bond motifs is 1. The van der Waals surface area contributed by atoms with Gasteiger partial charge in [-0.25, -0.2) is 0 Å². The molecule has 19 heavy (non-hydrogen) atoms. The summed E-state index contributed by atoms with van der Waals surface area (Å²) in [4.78, 5) is 12.7. The molecule has 0 amide bonds. The molecule has 0 aliphatic carbocycles. The van der Waals surface area contributed by atoms with Gasteiger partial charge in [-0.15, -0.1) is 0 Å². The number of carbonyl (C=O) groups is 1. The molecule has 1 aliphatic heterocycles. The van der Waals surface area contributed by atoms with Crippen LogP contribution < -0.4 is 10.5 Å². The smallest absolute Gasteiger partial charge is 0.320 e. The molecule has 1 atom stereocenters. The Bertz CT molecular complexity index is 462. The average molecular weight is 264 g/mol. The van der Waals surface area contributed by atoms with Crippen LogP contribution in [-0.2, 0) is 17.8 Å². The largest absolute Gasteiger partial charge is 0.493 e. The molecule has 0 bridgehead atoms. The Balaban J connectivity index is 1.85. The Labute approximate surface area is 113 Å². The molecular weight excluding hydrogens is 244 g/mol.